The topological polar surface area (TPSA) is 126 Å². The Kier molecular flexibility index (Phi) is 9.79. The molecule has 5 rings (SSSR count). The van der Waals surface area contributed by atoms with Crippen LogP contribution in [0, 0.1) is 23.2 Å². The number of benzene rings is 3. The van der Waals surface area contributed by atoms with Crippen molar-refractivity contribution in [2.24, 2.45) is 23.2 Å². The van der Waals surface area contributed by atoms with E-state index in [1.807, 2.05) is 66.7 Å². The zero-order valence-corrected chi connectivity index (χ0v) is 26.9. The molecule has 1 atom stereocenters. The molecule has 0 bridgehead atoms. The Morgan fingerprint density at radius 1 is 0.933 bits per heavy atom. The lowest BCUT2D eigenvalue weighted by atomic mass is 9.66. The Labute approximate surface area is 265 Å². The molecular formula is C36H42N2O6S. The molecule has 0 radical (unpaired) electrons. The van der Waals surface area contributed by atoms with E-state index in [1.165, 1.54) is 0 Å². The molecule has 0 saturated heterocycles. The highest BCUT2D eigenvalue weighted by Gasteiger charge is 2.35. The molecule has 3 N–H and O–H groups in total. The van der Waals surface area contributed by atoms with E-state index in [2.05, 4.69) is 31.4 Å². The first-order valence-electron chi connectivity index (χ1n) is 15.6. The lowest BCUT2D eigenvalue weighted by molar-refractivity contribution is -0.122. The van der Waals surface area contributed by atoms with Gasteiger partial charge in [-0.3, -0.25) is 14.1 Å². The van der Waals surface area contributed by atoms with E-state index in [9.17, 15) is 18.0 Å². The first-order chi connectivity index (χ1) is 21.4. The minimum atomic E-state index is -4.15. The SMILES string of the molecule is CC(C)(C)[C@H]1CC[C@@H](C(Cc2ccc(C(=O)NCCS(=O)(=O)O)cc2)C(=O)Nc2ccc(-c3cc4ccccc4o3)cc2)CC1. The van der Waals surface area contributed by atoms with Gasteiger partial charge >= 0.3 is 0 Å². The smallest absolute Gasteiger partial charge is 0.266 e. The summed E-state index contributed by atoms with van der Waals surface area (Å²) in [4.78, 5) is 26.3. The van der Waals surface area contributed by atoms with Crippen LogP contribution in [0.1, 0.15) is 62.4 Å². The van der Waals surface area contributed by atoms with Gasteiger partial charge in [0.1, 0.15) is 11.3 Å². The van der Waals surface area contributed by atoms with Crippen LogP contribution in [0.15, 0.2) is 83.3 Å². The van der Waals surface area contributed by atoms with Crippen molar-refractivity contribution in [1.29, 1.82) is 0 Å². The van der Waals surface area contributed by atoms with Gasteiger partial charge in [0.25, 0.3) is 16.0 Å². The number of para-hydroxylation sites is 1. The van der Waals surface area contributed by atoms with E-state index in [4.69, 9.17) is 8.97 Å². The maximum atomic E-state index is 13.9. The highest BCUT2D eigenvalue weighted by Crippen LogP contribution is 2.43. The molecule has 0 spiro atoms. The zero-order chi connectivity index (χ0) is 32.2. The van der Waals surface area contributed by atoms with Gasteiger partial charge in [-0.2, -0.15) is 8.42 Å². The largest absolute Gasteiger partial charge is 0.456 e. The normalized spacial score (nSPS) is 18.0. The summed E-state index contributed by atoms with van der Waals surface area (Å²) in [7, 11) is -4.15. The predicted octanol–water partition coefficient (Wildman–Crippen LogP) is 7.37. The van der Waals surface area contributed by atoms with Gasteiger partial charge in [0, 0.05) is 34.7 Å². The average Bonchev–Trinajstić information content (AvgIpc) is 3.44. The standard InChI is InChI=1S/C36H42N2O6S/c1-36(2,3)29-16-12-25(13-17-29)31(22-24-8-10-27(11-9-24)34(39)37-20-21-45(41,42)43)35(40)38-30-18-14-26(15-19-30)33-23-28-6-4-5-7-32(28)44-33/h4-11,14-15,18-19,23,25,29,31H,12-13,16-17,20-22H2,1-3H3,(H,37,39)(H,38,40)(H,41,42,43)/t25-,29+,31?. The molecule has 238 valence electrons. The molecule has 1 unspecified atom stereocenters. The number of rotatable bonds is 10. The molecule has 1 heterocycles. The van der Waals surface area contributed by atoms with Crippen LogP contribution in [0.2, 0.25) is 0 Å². The first-order valence-corrected chi connectivity index (χ1v) is 17.2. The number of carbonyl (C=O) groups is 2. The monoisotopic (exact) mass is 630 g/mol. The van der Waals surface area contributed by atoms with Crippen molar-refractivity contribution in [3.05, 3.63) is 90.0 Å². The van der Waals surface area contributed by atoms with Crippen LogP contribution in [0.3, 0.4) is 0 Å². The van der Waals surface area contributed by atoms with Crippen molar-refractivity contribution in [1.82, 2.24) is 5.32 Å². The van der Waals surface area contributed by atoms with Crippen LogP contribution >= 0.6 is 0 Å². The molecule has 0 aliphatic heterocycles. The van der Waals surface area contributed by atoms with Crippen LogP contribution in [-0.4, -0.2) is 37.1 Å². The second-order valence-electron chi connectivity index (χ2n) is 13.2. The van der Waals surface area contributed by atoms with Crippen molar-refractivity contribution in [2.75, 3.05) is 17.6 Å². The second kappa shape index (κ2) is 13.6. The number of amides is 2. The van der Waals surface area contributed by atoms with Crippen LogP contribution in [0.5, 0.6) is 0 Å². The van der Waals surface area contributed by atoms with Gasteiger partial charge in [0.2, 0.25) is 5.91 Å². The first kappa shape index (κ1) is 32.4. The third kappa shape index (κ3) is 8.61. The Hall–Kier alpha value is -3.95. The van der Waals surface area contributed by atoms with Gasteiger partial charge in [-0.15, -0.1) is 0 Å². The molecular weight excluding hydrogens is 588 g/mol. The molecule has 45 heavy (non-hydrogen) atoms. The number of furan rings is 1. The highest BCUT2D eigenvalue weighted by molar-refractivity contribution is 7.85. The quantitative estimate of drug-likeness (QED) is 0.157. The van der Waals surface area contributed by atoms with Crippen molar-refractivity contribution in [2.45, 2.75) is 52.9 Å². The fourth-order valence-corrected chi connectivity index (χ4v) is 6.74. The van der Waals surface area contributed by atoms with Gasteiger partial charge in [-0.05, 0) is 103 Å². The van der Waals surface area contributed by atoms with Crippen molar-refractivity contribution >= 4 is 38.6 Å². The summed E-state index contributed by atoms with van der Waals surface area (Å²) < 4.78 is 36.8. The lowest BCUT2D eigenvalue weighted by Gasteiger charge is -2.39. The van der Waals surface area contributed by atoms with Gasteiger partial charge < -0.3 is 15.1 Å². The Bertz CT molecular complexity index is 1700. The summed E-state index contributed by atoms with van der Waals surface area (Å²) in [5.74, 6) is 0.411. The Morgan fingerprint density at radius 2 is 1.60 bits per heavy atom. The highest BCUT2D eigenvalue weighted by atomic mass is 32.2. The second-order valence-corrected chi connectivity index (χ2v) is 14.8. The van der Waals surface area contributed by atoms with E-state index < -0.39 is 21.8 Å². The molecule has 1 aliphatic carbocycles. The van der Waals surface area contributed by atoms with E-state index in [1.54, 1.807) is 12.1 Å². The van der Waals surface area contributed by atoms with Crippen molar-refractivity contribution < 1.29 is 27.0 Å². The minimum absolute atomic E-state index is 0.0160. The van der Waals surface area contributed by atoms with Crippen LogP contribution in [0.25, 0.3) is 22.3 Å². The van der Waals surface area contributed by atoms with Crippen molar-refractivity contribution in [3.8, 4) is 11.3 Å². The summed E-state index contributed by atoms with van der Waals surface area (Å²) in [6.07, 6.45) is 4.69. The predicted molar refractivity (Wildman–Crippen MR) is 178 cm³/mol. The summed E-state index contributed by atoms with van der Waals surface area (Å²) in [6, 6.07) is 24.7. The molecule has 1 aromatic heterocycles. The summed E-state index contributed by atoms with van der Waals surface area (Å²) in [5, 5.41) is 6.71. The maximum absolute atomic E-state index is 13.9. The number of carbonyl (C=O) groups excluding carboxylic acids is 2. The van der Waals surface area contributed by atoms with E-state index in [0.29, 0.717) is 17.9 Å². The third-order valence-electron chi connectivity index (χ3n) is 9.08. The fourth-order valence-electron chi connectivity index (χ4n) is 6.38. The molecule has 3 aromatic carbocycles. The minimum Gasteiger partial charge on any atom is -0.456 e. The molecule has 1 fully saturated rings. The van der Waals surface area contributed by atoms with E-state index >= 15 is 0 Å². The summed E-state index contributed by atoms with van der Waals surface area (Å²) in [6.45, 7) is 6.69. The summed E-state index contributed by atoms with van der Waals surface area (Å²) >= 11 is 0. The molecule has 4 aromatic rings. The number of hydrogen-bond donors (Lipinski definition) is 3. The number of hydrogen-bond acceptors (Lipinski definition) is 5. The van der Waals surface area contributed by atoms with Crippen molar-refractivity contribution in [3.63, 3.8) is 0 Å². The van der Waals surface area contributed by atoms with Crippen LogP contribution in [0.4, 0.5) is 5.69 Å². The average molecular weight is 631 g/mol. The summed E-state index contributed by atoms with van der Waals surface area (Å²) in [5.41, 5.74) is 4.06. The molecule has 1 saturated carbocycles. The Morgan fingerprint density at radius 3 is 2.22 bits per heavy atom. The number of nitrogens with one attached hydrogen (secondary N) is 2. The number of anilines is 1. The third-order valence-corrected chi connectivity index (χ3v) is 9.80. The van der Waals surface area contributed by atoms with Gasteiger partial charge in [0.05, 0.1) is 5.75 Å². The van der Waals surface area contributed by atoms with Crippen LogP contribution in [-0.2, 0) is 21.3 Å². The maximum Gasteiger partial charge on any atom is 0.266 e. The van der Waals surface area contributed by atoms with Gasteiger partial charge in [0.15, 0.2) is 0 Å². The lowest BCUT2D eigenvalue weighted by Crippen LogP contribution is -2.35. The van der Waals surface area contributed by atoms with Gasteiger partial charge in [-0.25, -0.2) is 0 Å². The number of fused-ring (bicyclic) bond motifs is 1. The molecule has 1 aliphatic rings. The van der Waals surface area contributed by atoms with Crippen LogP contribution < -0.4 is 10.6 Å². The Balaban J connectivity index is 1.28. The van der Waals surface area contributed by atoms with Gasteiger partial charge in [-0.1, -0.05) is 51.1 Å². The molecule has 2 amide bonds. The van der Waals surface area contributed by atoms with E-state index in [-0.39, 0.29) is 29.7 Å². The fraction of sp³-hybridized carbons (Fsp3) is 0.389. The molecule has 8 nitrogen and oxygen atoms in total. The van der Waals surface area contributed by atoms with E-state index in [0.717, 1.165) is 59.2 Å². The molecule has 9 heteroatoms. The zero-order valence-electron chi connectivity index (χ0n) is 26.1.